The van der Waals surface area contributed by atoms with E-state index in [1.807, 2.05) is 24.3 Å². The Morgan fingerprint density at radius 3 is 2.65 bits per heavy atom. The van der Waals surface area contributed by atoms with Crippen LogP contribution in [-0.4, -0.2) is 35.7 Å². The molecule has 0 aliphatic carbocycles. The van der Waals surface area contributed by atoms with Crippen LogP contribution >= 0.6 is 15.9 Å². The fourth-order valence-corrected chi connectivity index (χ4v) is 3.13. The number of benzene rings is 1. The minimum atomic E-state index is -0.101. The number of nitrogens with zero attached hydrogens (tertiary/aromatic N) is 3. The van der Waals surface area contributed by atoms with Crippen LogP contribution in [0.1, 0.15) is 5.56 Å². The van der Waals surface area contributed by atoms with Gasteiger partial charge in [-0.1, -0.05) is 28.1 Å². The number of anilines is 1. The summed E-state index contributed by atoms with van der Waals surface area (Å²) >= 11 is 3.42. The summed E-state index contributed by atoms with van der Waals surface area (Å²) < 4.78 is 13.8. The summed E-state index contributed by atoms with van der Waals surface area (Å²) in [7, 11) is 0. The lowest BCUT2D eigenvalue weighted by Gasteiger charge is -2.27. The van der Waals surface area contributed by atoms with Gasteiger partial charge in [0.1, 0.15) is 23.8 Å². The molecule has 1 saturated heterocycles. The Morgan fingerprint density at radius 1 is 1.12 bits per heavy atom. The molecule has 134 valence electrons. The lowest BCUT2D eigenvalue weighted by atomic mass is 10.2. The molecule has 3 aromatic rings. The molecule has 1 aromatic carbocycles. The standard InChI is InChI=1S/C19H18BrN3O3/c20-15-3-1-14(2-4-15)13-26-16-5-6-23-18(11-16)21-17(12-19(23)24)22-7-9-25-10-8-22/h1-6,11-12H,7-10,13H2. The maximum atomic E-state index is 12.4. The third-order valence-electron chi connectivity index (χ3n) is 4.28. The quantitative estimate of drug-likeness (QED) is 0.655. The van der Waals surface area contributed by atoms with Crippen LogP contribution in [0.5, 0.6) is 5.75 Å². The van der Waals surface area contributed by atoms with E-state index in [4.69, 9.17) is 9.47 Å². The number of hydrogen-bond acceptors (Lipinski definition) is 5. The van der Waals surface area contributed by atoms with E-state index in [2.05, 4.69) is 25.8 Å². The minimum absolute atomic E-state index is 0.101. The van der Waals surface area contributed by atoms with Crippen molar-refractivity contribution in [2.75, 3.05) is 31.2 Å². The first-order valence-electron chi connectivity index (χ1n) is 8.42. The summed E-state index contributed by atoms with van der Waals surface area (Å²) in [5.74, 6) is 1.36. The van der Waals surface area contributed by atoms with Gasteiger partial charge in [0.05, 0.1) is 13.2 Å². The summed E-state index contributed by atoms with van der Waals surface area (Å²) in [6, 6.07) is 13.1. The molecular weight excluding hydrogens is 398 g/mol. The Balaban J connectivity index is 1.58. The lowest BCUT2D eigenvalue weighted by Crippen LogP contribution is -2.37. The molecule has 2 aromatic heterocycles. The fraction of sp³-hybridized carbons (Fsp3) is 0.263. The summed E-state index contributed by atoms with van der Waals surface area (Å²) in [6.07, 6.45) is 1.70. The Morgan fingerprint density at radius 2 is 1.88 bits per heavy atom. The highest BCUT2D eigenvalue weighted by Gasteiger charge is 2.14. The van der Waals surface area contributed by atoms with Crippen LogP contribution in [-0.2, 0) is 11.3 Å². The Labute approximate surface area is 159 Å². The number of morpholine rings is 1. The van der Waals surface area contributed by atoms with Gasteiger partial charge in [-0.3, -0.25) is 9.20 Å². The zero-order chi connectivity index (χ0) is 17.9. The van der Waals surface area contributed by atoms with Gasteiger partial charge in [-0.15, -0.1) is 0 Å². The number of ether oxygens (including phenoxy) is 2. The molecule has 0 radical (unpaired) electrons. The first-order valence-corrected chi connectivity index (χ1v) is 9.22. The fourth-order valence-electron chi connectivity index (χ4n) is 2.86. The lowest BCUT2D eigenvalue weighted by molar-refractivity contribution is 0.122. The average molecular weight is 416 g/mol. The van der Waals surface area contributed by atoms with Gasteiger partial charge in [-0.05, 0) is 23.8 Å². The van der Waals surface area contributed by atoms with Crippen molar-refractivity contribution in [2.24, 2.45) is 0 Å². The minimum Gasteiger partial charge on any atom is -0.489 e. The van der Waals surface area contributed by atoms with E-state index in [0.717, 1.165) is 23.1 Å². The molecule has 1 aliphatic rings. The number of aromatic nitrogens is 2. The summed E-state index contributed by atoms with van der Waals surface area (Å²) in [6.45, 7) is 3.23. The maximum Gasteiger partial charge on any atom is 0.259 e. The predicted octanol–water partition coefficient (Wildman–Crippen LogP) is 2.87. The van der Waals surface area contributed by atoms with Crippen molar-refractivity contribution in [1.82, 2.24) is 9.38 Å². The van der Waals surface area contributed by atoms with E-state index in [-0.39, 0.29) is 5.56 Å². The van der Waals surface area contributed by atoms with Gasteiger partial charge >= 0.3 is 0 Å². The van der Waals surface area contributed by atoms with E-state index < -0.39 is 0 Å². The molecule has 0 unspecified atom stereocenters. The molecule has 0 amide bonds. The van der Waals surface area contributed by atoms with Gasteiger partial charge in [0.2, 0.25) is 0 Å². The van der Waals surface area contributed by atoms with Gasteiger partial charge in [0.15, 0.2) is 0 Å². The zero-order valence-electron chi connectivity index (χ0n) is 14.1. The van der Waals surface area contributed by atoms with Gasteiger partial charge in [0.25, 0.3) is 5.56 Å². The smallest absolute Gasteiger partial charge is 0.259 e. The van der Waals surface area contributed by atoms with Crippen molar-refractivity contribution < 1.29 is 9.47 Å². The second-order valence-electron chi connectivity index (χ2n) is 6.06. The number of rotatable bonds is 4. The largest absolute Gasteiger partial charge is 0.489 e. The van der Waals surface area contributed by atoms with Crippen molar-refractivity contribution in [1.29, 1.82) is 0 Å². The molecular formula is C19H18BrN3O3. The topological polar surface area (TPSA) is 56.1 Å². The van der Waals surface area contributed by atoms with Crippen LogP contribution in [0.15, 0.2) is 57.9 Å². The zero-order valence-corrected chi connectivity index (χ0v) is 15.7. The Bertz CT molecular complexity index is 966. The SMILES string of the molecule is O=c1cc(N2CCOCC2)nc2cc(OCc3ccc(Br)cc3)ccn12. The summed E-state index contributed by atoms with van der Waals surface area (Å²) in [5.41, 5.74) is 1.55. The number of pyridine rings is 1. The Kier molecular flexibility index (Phi) is 4.90. The van der Waals surface area contributed by atoms with Crippen LogP contribution in [0.4, 0.5) is 5.82 Å². The first-order chi connectivity index (χ1) is 12.7. The molecule has 26 heavy (non-hydrogen) atoms. The number of hydrogen-bond donors (Lipinski definition) is 0. The van der Waals surface area contributed by atoms with E-state index in [1.54, 1.807) is 24.4 Å². The number of halogens is 1. The van der Waals surface area contributed by atoms with Crippen molar-refractivity contribution in [3.05, 3.63) is 69.1 Å². The van der Waals surface area contributed by atoms with E-state index in [9.17, 15) is 4.79 Å². The molecule has 6 nitrogen and oxygen atoms in total. The van der Waals surface area contributed by atoms with Crippen molar-refractivity contribution in [2.45, 2.75) is 6.61 Å². The molecule has 4 rings (SSSR count). The van der Waals surface area contributed by atoms with E-state index in [1.165, 1.54) is 4.40 Å². The van der Waals surface area contributed by atoms with Crippen LogP contribution in [0.2, 0.25) is 0 Å². The second kappa shape index (κ2) is 7.47. The van der Waals surface area contributed by atoms with Crippen molar-refractivity contribution in [3.8, 4) is 5.75 Å². The molecule has 0 spiro atoms. The normalized spacial score (nSPS) is 14.6. The predicted molar refractivity (Wildman–Crippen MR) is 103 cm³/mol. The van der Waals surface area contributed by atoms with Gasteiger partial charge in [0, 0.05) is 35.9 Å². The van der Waals surface area contributed by atoms with E-state index in [0.29, 0.717) is 37.0 Å². The van der Waals surface area contributed by atoms with Crippen LogP contribution in [0.25, 0.3) is 5.65 Å². The van der Waals surface area contributed by atoms with Crippen LogP contribution in [0.3, 0.4) is 0 Å². The van der Waals surface area contributed by atoms with Crippen molar-refractivity contribution in [3.63, 3.8) is 0 Å². The van der Waals surface area contributed by atoms with Gasteiger partial charge < -0.3 is 14.4 Å². The summed E-state index contributed by atoms with van der Waals surface area (Å²) in [5, 5.41) is 0. The first kappa shape index (κ1) is 17.1. The molecule has 0 saturated carbocycles. The van der Waals surface area contributed by atoms with Crippen LogP contribution in [0, 0.1) is 0 Å². The highest BCUT2D eigenvalue weighted by Crippen LogP contribution is 2.18. The van der Waals surface area contributed by atoms with Gasteiger partial charge in [-0.2, -0.15) is 0 Å². The maximum absolute atomic E-state index is 12.4. The van der Waals surface area contributed by atoms with Gasteiger partial charge in [-0.25, -0.2) is 4.98 Å². The molecule has 1 fully saturated rings. The Hall–Kier alpha value is -2.38. The molecule has 0 atom stereocenters. The third-order valence-corrected chi connectivity index (χ3v) is 4.81. The molecule has 3 heterocycles. The highest BCUT2D eigenvalue weighted by molar-refractivity contribution is 9.10. The van der Waals surface area contributed by atoms with Crippen molar-refractivity contribution >= 4 is 27.4 Å². The number of fused-ring (bicyclic) bond motifs is 1. The van der Waals surface area contributed by atoms with E-state index >= 15 is 0 Å². The van der Waals surface area contributed by atoms with Crippen LogP contribution < -0.4 is 15.2 Å². The second-order valence-corrected chi connectivity index (χ2v) is 6.97. The summed E-state index contributed by atoms with van der Waals surface area (Å²) in [4.78, 5) is 19.1. The molecule has 7 heteroatoms. The third kappa shape index (κ3) is 3.73. The molecule has 0 bridgehead atoms. The average Bonchev–Trinajstić information content (AvgIpc) is 2.68. The highest BCUT2D eigenvalue weighted by atomic mass is 79.9. The molecule has 1 aliphatic heterocycles. The molecule has 0 N–H and O–H groups in total. The monoisotopic (exact) mass is 415 g/mol.